The third kappa shape index (κ3) is 2.83. The van der Waals surface area contributed by atoms with Gasteiger partial charge in [0.05, 0.1) is 12.0 Å². The van der Waals surface area contributed by atoms with E-state index >= 15 is 0 Å². The van der Waals surface area contributed by atoms with Crippen LogP contribution in [0.2, 0.25) is 0 Å². The highest BCUT2D eigenvalue weighted by Crippen LogP contribution is 2.35. The minimum Gasteiger partial charge on any atom is -0.481 e. The molecule has 0 spiro atoms. The molecule has 102 valence electrons. The summed E-state index contributed by atoms with van der Waals surface area (Å²) in [5, 5.41) is 11.6. The zero-order valence-electron chi connectivity index (χ0n) is 10.7. The Labute approximate surface area is 110 Å². The molecule has 6 heteroatoms. The summed E-state index contributed by atoms with van der Waals surface area (Å²) >= 11 is 0. The Bertz CT molecular complexity index is 572. The fourth-order valence-electron chi connectivity index (χ4n) is 2.24. The van der Waals surface area contributed by atoms with Crippen LogP contribution in [0.5, 0.6) is 0 Å². The largest absolute Gasteiger partial charge is 0.481 e. The molecular formula is C13H16N2O4. The number of carbonyl (C=O) groups excluding carboxylic acids is 1. The molecule has 0 aromatic carbocycles. The van der Waals surface area contributed by atoms with Crippen LogP contribution in [-0.2, 0) is 11.8 Å². The zero-order chi connectivity index (χ0) is 14.0. The Balaban J connectivity index is 2.13. The van der Waals surface area contributed by atoms with Crippen molar-refractivity contribution in [2.45, 2.75) is 31.2 Å². The number of hydrogen-bond acceptors (Lipinski definition) is 3. The lowest BCUT2D eigenvalue weighted by atomic mass is 9.74. The normalized spacial score (nSPS) is 16.5. The number of rotatable bonds is 4. The highest BCUT2D eigenvalue weighted by Gasteiger charge is 2.40. The van der Waals surface area contributed by atoms with Crippen LogP contribution < -0.4 is 10.9 Å². The smallest absolute Gasteiger partial charge is 0.305 e. The summed E-state index contributed by atoms with van der Waals surface area (Å²) in [5.41, 5.74) is -0.655. The van der Waals surface area contributed by atoms with Gasteiger partial charge in [-0.2, -0.15) is 0 Å². The van der Waals surface area contributed by atoms with E-state index in [1.165, 1.54) is 16.8 Å². The van der Waals surface area contributed by atoms with Gasteiger partial charge < -0.3 is 15.0 Å². The van der Waals surface area contributed by atoms with Gasteiger partial charge in [0, 0.05) is 24.9 Å². The monoisotopic (exact) mass is 264 g/mol. The summed E-state index contributed by atoms with van der Waals surface area (Å²) in [7, 11) is 1.60. The Morgan fingerprint density at radius 3 is 2.63 bits per heavy atom. The Morgan fingerprint density at radius 2 is 2.16 bits per heavy atom. The lowest BCUT2D eigenvalue weighted by Gasteiger charge is -2.41. The standard InChI is InChI=1S/C13H16N2O4/c1-15-6-3-9(7-10(15)16)12(19)14-13(4-2-5-13)8-11(17)18/h3,6-7H,2,4-5,8H2,1H3,(H,14,19)(H,17,18). The number of aromatic nitrogens is 1. The second-order valence-electron chi connectivity index (χ2n) is 5.02. The lowest BCUT2D eigenvalue weighted by Crippen LogP contribution is -2.54. The van der Waals surface area contributed by atoms with Gasteiger partial charge in [0.2, 0.25) is 0 Å². The first-order chi connectivity index (χ1) is 8.92. The maximum atomic E-state index is 12.0. The van der Waals surface area contributed by atoms with Crippen molar-refractivity contribution in [3.05, 3.63) is 34.2 Å². The van der Waals surface area contributed by atoms with Gasteiger partial charge in [-0.05, 0) is 25.3 Å². The molecule has 0 atom stereocenters. The summed E-state index contributed by atoms with van der Waals surface area (Å²) in [4.78, 5) is 34.3. The fourth-order valence-corrected chi connectivity index (χ4v) is 2.24. The van der Waals surface area contributed by atoms with Crippen molar-refractivity contribution in [1.29, 1.82) is 0 Å². The number of hydrogen-bond donors (Lipinski definition) is 2. The van der Waals surface area contributed by atoms with Crippen LogP contribution >= 0.6 is 0 Å². The van der Waals surface area contributed by atoms with Crippen LogP contribution in [-0.4, -0.2) is 27.1 Å². The topological polar surface area (TPSA) is 88.4 Å². The Hall–Kier alpha value is -2.11. The first-order valence-corrected chi connectivity index (χ1v) is 6.13. The van der Waals surface area contributed by atoms with Crippen molar-refractivity contribution >= 4 is 11.9 Å². The molecule has 1 aliphatic carbocycles. The average molecular weight is 264 g/mol. The highest BCUT2D eigenvalue weighted by molar-refractivity contribution is 5.94. The van der Waals surface area contributed by atoms with E-state index < -0.39 is 17.4 Å². The predicted molar refractivity (Wildman–Crippen MR) is 68.0 cm³/mol. The molecule has 1 fully saturated rings. The number of nitrogens with zero attached hydrogens (tertiary/aromatic N) is 1. The van der Waals surface area contributed by atoms with Gasteiger partial charge >= 0.3 is 5.97 Å². The summed E-state index contributed by atoms with van der Waals surface area (Å²) in [5.74, 6) is -1.32. The molecule has 0 aliphatic heterocycles. The van der Waals surface area contributed by atoms with E-state index in [4.69, 9.17) is 5.11 Å². The van der Waals surface area contributed by atoms with Gasteiger partial charge in [-0.25, -0.2) is 0 Å². The van der Waals surface area contributed by atoms with Crippen molar-refractivity contribution in [2.75, 3.05) is 0 Å². The number of nitrogens with one attached hydrogen (secondary N) is 1. The van der Waals surface area contributed by atoms with Crippen LogP contribution in [0.1, 0.15) is 36.0 Å². The van der Waals surface area contributed by atoms with Gasteiger partial charge in [0.15, 0.2) is 0 Å². The summed E-state index contributed by atoms with van der Waals surface area (Å²) in [6, 6.07) is 2.80. The molecule has 0 radical (unpaired) electrons. The van der Waals surface area contributed by atoms with E-state index in [2.05, 4.69) is 5.32 Å². The van der Waals surface area contributed by atoms with Crippen molar-refractivity contribution in [3.8, 4) is 0 Å². The Morgan fingerprint density at radius 1 is 1.47 bits per heavy atom. The molecule has 1 aliphatic rings. The average Bonchev–Trinajstić information content (AvgIpc) is 2.29. The van der Waals surface area contributed by atoms with Crippen molar-refractivity contribution in [1.82, 2.24) is 9.88 Å². The number of aliphatic carboxylic acids is 1. The highest BCUT2D eigenvalue weighted by atomic mass is 16.4. The van der Waals surface area contributed by atoms with Crippen LogP contribution in [0, 0.1) is 0 Å². The quantitative estimate of drug-likeness (QED) is 0.829. The van der Waals surface area contributed by atoms with Crippen molar-refractivity contribution in [3.63, 3.8) is 0 Å². The Kier molecular flexibility index (Phi) is 3.42. The molecule has 1 heterocycles. The molecule has 1 saturated carbocycles. The van der Waals surface area contributed by atoms with E-state index in [1.54, 1.807) is 13.1 Å². The molecule has 1 aromatic heterocycles. The first-order valence-electron chi connectivity index (χ1n) is 6.13. The summed E-state index contributed by atoms with van der Waals surface area (Å²) in [6.07, 6.45) is 3.67. The molecule has 19 heavy (non-hydrogen) atoms. The number of carbonyl (C=O) groups is 2. The molecule has 2 N–H and O–H groups in total. The maximum Gasteiger partial charge on any atom is 0.305 e. The van der Waals surface area contributed by atoms with Crippen LogP contribution in [0.15, 0.2) is 23.1 Å². The van der Waals surface area contributed by atoms with Gasteiger partial charge in [0.1, 0.15) is 0 Å². The minimum absolute atomic E-state index is 0.0798. The molecule has 1 aromatic rings. The first kappa shape index (κ1) is 13.3. The lowest BCUT2D eigenvalue weighted by molar-refractivity contribution is -0.139. The van der Waals surface area contributed by atoms with E-state index in [9.17, 15) is 14.4 Å². The van der Waals surface area contributed by atoms with E-state index in [0.29, 0.717) is 12.8 Å². The van der Waals surface area contributed by atoms with Gasteiger partial charge in [-0.15, -0.1) is 0 Å². The summed E-state index contributed by atoms with van der Waals surface area (Å²) in [6.45, 7) is 0. The molecule has 6 nitrogen and oxygen atoms in total. The van der Waals surface area contributed by atoms with Crippen LogP contribution in [0.3, 0.4) is 0 Å². The number of pyridine rings is 1. The third-order valence-electron chi connectivity index (χ3n) is 3.55. The summed E-state index contributed by atoms with van der Waals surface area (Å²) < 4.78 is 1.37. The van der Waals surface area contributed by atoms with E-state index in [1.807, 2.05) is 0 Å². The number of carboxylic acid groups (broad SMARTS) is 1. The number of carboxylic acids is 1. The van der Waals surface area contributed by atoms with E-state index in [0.717, 1.165) is 6.42 Å². The molecular weight excluding hydrogens is 248 g/mol. The molecule has 0 unspecified atom stereocenters. The fraction of sp³-hybridized carbons (Fsp3) is 0.462. The molecule has 0 bridgehead atoms. The van der Waals surface area contributed by atoms with Gasteiger partial charge in [-0.1, -0.05) is 0 Å². The van der Waals surface area contributed by atoms with Crippen LogP contribution in [0.25, 0.3) is 0 Å². The second kappa shape index (κ2) is 4.87. The van der Waals surface area contributed by atoms with Crippen LogP contribution in [0.4, 0.5) is 0 Å². The van der Waals surface area contributed by atoms with Crippen molar-refractivity contribution in [2.24, 2.45) is 7.05 Å². The van der Waals surface area contributed by atoms with Gasteiger partial charge in [0.25, 0.3) is 11.5 Å². The minimum atomic E-state index is -0.927. The second-order valence-corrected chi connectivity index (χ2v) is 5.02. The molecule has 0 saturated heterocycles. The number of amides is 1. The third-order valence-corrected chi connectivity index (χ3v) is 3.55. The van der Waals surface area contributed by atoms with Crippen molar-refractivity contribution < 1.29 is 14.7 Å². The SMILES string of the molecule is Cn1ccc(C(=O)NC2(CC(=O)O)CCC2)cc1=O. The molecule has 2 rings (SSSR count). The molecule has 1 amide bonds. The maximum absolute atomic E-state index is 12.0. The predicted octanol–water partition coefficient (Wildman–Crippen LogP) is 0.512. The van der Waals surface area contributed by atoms with E-state index in [-0.39, 0.29) is 17.5 Å². The van der Waals surface area contributed by atoms with Gasteiger partial charge in [-0.3, -0.25) is 14.4 Å². The number of aryl methyl sites for hydroxylation is 1. The zero-order valence-corrected chi connectivity index (χ0v) is 10.7.